The van der Waals surface area contributed by atoms with Gasteiger partial charge in [-0.3, -0.25) is 9.79 Å². The van der Waals surface area contributed by atoms with Gasteiger partial charge in [-0.25, -0.2) is 0 Å². The third-order valence-corrected chi connectivity index (χ3v) is 3.39. The lowest BCUT2D eigenvalue weighted by molar-refractivity contribution is -0.128. The molecule has 0 bridgehead atoms. The molecule has 1 atom stereocenters. The van der Waals surface area contributed by atoms with E-state index in [9.17, 15) is 4.79 Å². The normalized spacial score (nSPS) is 18.9. The fourth-order valence-corrected chi connectivity index (χ4v) is 2.02. The van der Waals surface area contributed by atoms with Gasteiger partial charge in [0.1, 0.15) is 0 Å². The van der Waals surface area contributed by atoms with Gasteiger partial charge in [-0.05, 0) is 33.6 Å². The van der Waals surface area contributed by atoms with Crippen molar-refractivity contribution in [1.29, 1.82) is 0 Å². The van der Waals surface area contributed by atoms with Crippen molar-refractivity contribution in [3.05, 3.63) is 0 Å². The number of carbonyl (C=O) groups excluding carboxylic acids is 1. The highest BCUT2D eigenvalue weighted by molar-refractivity contribution is 14.0. The Morgan fingerprint density at radius 3 is 2.57 bits per heavy atom. The van der Waals surface area contributed by atoms with Crippen LogP contribution < -0.4 is 16.0 Å². The number of hydrogen-bond acceptors (Lipinski definition) is 3. The summed E-state index contributed by atoms with van der Waals surface area (Å²) in [5, 5.41) is 9.28. The molecule has 0 saturated carbocycles. The highest BCUT2D eigenvalue weighted by atomic mass is 127. The van der Waals surface area contributed by atoms with Crippen molar-refractivity contribution in [2.45, 2.75) is 39.7 Å². The van der Waals surface area contributed by atoms with Gasteiger partial charge in [0.15, 0.2) is 5.96 Å². The molecule has 1 amide bonds. The molecule has 0 aliphatic carbocycles. The van der Waals surface area contributed by atoms with Crippen molar-refractivity contribution >= 4 is 35.8 Å². The minimum atomic E-state index is -0.475. The Bertz CT molecular complexity index is 342. The van der Waals surface area contributed by atoms with Crippen LogP contribution in [0, 0.1) is 5.41 Å². The second-order valence-electron chi connectivity index (χ2n) is 5.69. The predicted octanol–water partition coefficient (Wildman–Crippen LogP) is 1.11. The van der Waals surface area contributed by atoms with E-state index in [1.165, 1.54) is 0 Å². The maximum atomic E-state index is 11.9. The number of guanidine groups is 1. The lowest BCUT2D eigenvalue weighted by atomic mass is 9.92. The van der Waals surface area contributed by atoms with Crippen molar-refractivity contribution in [2.75, 3.05) is 33.3 Å². The number of ether oxygens (including phenoxy) is 1. The molecule has 0 aromatic rings. The van der Waals surface area contributed by atoms with Crippen molar-refractivity contribution in [1.82, 2.24) is 16.0 Å². The van der Waals surface area contributed by atoms with Crippen LogP contribution in [0.5, 0.6) is 0 Å². The van der Waals surface area contributed by atoms with Crippen molar-refractivity contribution in [3.63, 3.8) is 0 Å². The number of aliphatic imine (C=N–C) groups is 1. The van der Waals surface area contributed by atoms with Gasteiger partial charge in [0, 0.05) is 33.3 Å². The van der Waals surface area contributed by atoms with Gasteiger partial charge in [0.05, 0.1) is 11.5 Å². The molecule has 1 saturated heterocycles. The highest BCUT2D eigenvalue weighted by Crippen LogP contribution is 2.13. The quantitative estimate of drug-likeness (QED) is 0.347. The zero-order valence-corrected chi connectivity index (χ0v) is 15.8. The lowest BCUT2D eigenvalue weighted by Gasteiger charge is -2.25. The van der Waals surface area contributed by atoms with Gasteiger partial charge < -0.3 is 20.7 Å². The maximum absolute atomic E-state index is 11.9. The van der Waals surface area contributed by atoms with Crippen LogP contribution in [0.25, 0.3) is 0 Å². The Balaban J connectivity index is 0.00000400. The first-order valence-corrected chi connectivity index (χ1v) is 7.34. The molecule has 0 aromatic heterocycles. The molecule has 0 spiro atoms. The average Bonchev–Trinajstić information content (AvgIpc) is 2.92. The molecule has 124 valence electrons. The van der Waals surface area contributed by atoms with Gasteiger partial charge in [-0.15, -0.1) is 24.0 Å². The molecule has 0 aromatic carbocycles. The van der Waals surface area contributed by atoms with Crippen molar-refractivity contribution < 1.29 is 9.53 Å². The fraction of sp³-hybridized carbons (Fsp3) is 0.857. The Morgan fingerprint density at radius 2 is 2.05 bits per heavy atom. The van der Waals surface area contributed by atoms with Gasteiger partial charge in [-0.1, -0.05) is 0 Å². The van der Waals surface area contributed by atoms with Crippen LogP contribution in [0.2, 0.25) is 0 Å². The molecule has 1 fully saturated rings. The zero-order chi connectivity index (χ0) is 15.0. The second kappa shape index (κ2) is 10.2. The maximum Gasteiger partial charge on any atom is 0.227 e. The summed E-state index contributed by atoms with van der Waals surface area (Å²) < 4.78 is 5.55. The molecule has 6 nitrogen and oxygen atoms in total. The number of halogens is 1. The molecular weight excluding hydrogens is 383 g/mol. The topological polar surface area (TPSA) is 74.8 Å². The molecule has 0 radical (unpaired) electrons. The predicted molar refractivity (Wildman–Crippen MR) is 96.2 cm³/mol. The summed E-state index contributed by atoms with van der Waals surface area (Å²) in [6.45, 7) is 8.53. The Hall–Kier alpha value is -0.570. The van der Waals surface area contributed by atoms with E-state index in [1.807, 2.05) is 20.8 Å². The first-order chi connectivity index (χ1) is 9.49. The number of nitrogens with one attached hydrogen (secondary N) is 3. The Kier molecular flexibility index (Phi) is 9.93. The van der Waals surface area contributed by atoms with E-state index in [1.54, 1.807) is 7.05 Å². The van der Waals surface area contributed by atoms with Crippen LogP contribution >= 0.6 is 24.0 Å². The summed E-state index contributed by atoms with van der Waals surface area (Å²) in [7, 11) is 1.73. The van der Waals surface area contributed by atoms with Crippen LogP contribution in [0.1, 0.15) is 33.6 Å². The van der Waals surface area contributed by atoms with E-state index in [0.717, 1.165) is 26.0 Å². The molecule has 3 N–H and O–H groups in total. The lowest BCUT2D eigenvalue weighted by Crippen LogP contribution is -2.48. The van der Waals surface area contributed by atoms with Crippen LogP contribution in [-0.4, -0.2) is 51.3 Å². The van der Waals surface area contributed by atoms with Crippen LogP contribution in [-0.2, 0) is 9.53 Å². The van der Waals surface area contributed by atoms with Gasteiger partial charge in [-0.2, -0.15) is 0 Å². The van der Waals surface area contributed by atoms with Crippen LogP contribution in [0.3, 0.4) is 0 Å². The Morgan fingerprint density at radius 1 is 1.33 bits per heavy atom. The Labute approximate surface area is 144 Å². The zero-order valence-electron chi connectivity index (χ0n) is 13.5. The number of hydrogen-bond donors (Lipinski definition) is 3. The molecule has 1 aliphatic rings. The van der Waals surface area contributed by atoms with Crippen molar-refractivity contribution in [3.8, 4) is 0 Å². The van der Waals surface area contributed by atoms with E-state index < -0.39 is 5.41 Å². The standard InChI is InChI=1S/C14H28N4O2.HI/c1-5-16-12(19)14(2,3)10-18-13(15-4)17-9-11-7-6-8-20-11;/h11H,5-10H2,1-4H3,(H,16,19)(H2,15,17,18);1H. The largest absolute Gasteiger partial charge is 0.376 e. The summed E-state index contributed by atoms with van der Waals surface area (Å²) in [4.78, 5) is 16.1. The van der Waals surface area contributed by atoms with E-state index in [2.05, 4.69) is 20.9 Å². The SMILES string of the molecule is CCNC(=O)C(C)(C)CNC(=NC)NCC1CCCO1.I. The first kappa shape index (κ1) is 20.4. The van der Waals surface area contributed by atoms with Gasteiger partial charge in [0.2, 0.25) is 5.91 Å². The molecule has 1 rings (SSSR count). The fourth-order valence-electron chi connectivity index (χ4n) is 2.02. The summed E-state index contributed by atoms with van der Waals surface area (Å²) in [6, 6.07) is 0. The molecule has 21 heavy (non-hydrogen) atoms. The number of nitrogens with zero attached hydrogens (tertiary/aromatic N) is 1. The third-order valence-electron chi connectivity index (χ3n) is 3.39. The van der Waals surface area contributed by atoms with Crippen LogP contribution in [0.15, 0.2) is 4.99 Å². The molecule has 7 heteroatoms. The third kappa shape index (κ3) is 7.30. The van der Waals surface area contributed by atoms with E-state index >= 15 is 0 Å². The number of rotatable bonds is 6. The molecule has 1 heterocycles. The monoisotopic (exact) mass is 412 g/mol. The van der Waals surface area contributed by atoms with E-state index in [4.69, 9.17) is 4.74 Å². The summed E-state index contributed by atoms with van der Waals surface area (Å²) >= 11 is 0. The number of amides is 1. The minimum absolute atomic E-state index is 0. The highest BCUT2D eigenvalue weighted by Gasteiger charge is 2.27. The molecular formula is C14H29IN4O2. The van der Waals surface area contributed by atoms with E-state index in [-0.39, 0.29) is 36.0 Å². The summed E-state index contributed by atoms with van der Waals surface area (Å²) in [5.74, 6) is 0.750. The number of carbonyl (C=O) groups is 1. The minimum Gasteiger partial charge on any atom is -0.376 e. The van der Waals surface area contributed by atoms with Gasteiger partial charge in [0.25, 0.3) is 0 Å². The van der Waals surface area contributed by atoms with Crippen LogP contribution in [0.4, 0.5) is 0 Å². The molecule has 1 unspecified atom stereocenters. The smallest absolute Gasteiger partial charge is 0.227 e. The summed E-state index contributed by atoms with van der Waals surface area (Å²) in [6.07, 6.45) is 2.49. The van der Waals surface area contributed by atoms with E-state index in [0.29, 0.717) is 19.0 Å². The first-order valence-electron chi connectivity index (χ1n) is 7.34. The average molecular weight is 412 g/mol. The summed E-state index contributed by atoms with van der Waals surface area (Å²) in [5.41, 5.74) is -0.475. The second-order valence-corrected chi connectivity index (χ2v) is 5.69. The molecule has 1 aliphatic heterocycles. The van der Waals surface area contributed by atoms with Gasteiger partial charge >= 0.3 is 0 Å². The van der Waals surface area contributed by atoms with Crippen molar-refractivity contribution in [2.24, 2.45) is 10.4 Å².